The molecule has 0 radical (unpaired) electrons. The van der Waals surface area contributed by atoms with Gasteiger partial charge in [-0.05, 0) is 90.9 Å². The van der Waals surface area contributed by atoms with E-state index in [1.54, 1.807) is 4.31 Å². The van der Waals surface area contributed by atoms with Crippen LogP contribution in [0.15, 0.2) is 42.6 Å². The van der Waals surface area contributed by atoms with Crippen LogP contribution in [0, 0.1) is 0 Å². The summed E-state index contributed by atoms with van der Waals surface area (Å²) in [5.74, 6) is 0.109. The normalized spacial score (nSPS) is 17.8. The first-order valence-corrected chi connectivity index (χ1v) is 16.2. The van der Waals surface area contributed by atoms with Gasteiger partial charge in [0.25, 0.3) is 0 Å². The molecule has 2 heterocycles. The number of primary amides is 1. The van der Waals surface area contributed by atoms with E-state index in [1.165, 1.54) is 36.8 Å². The highest BCUT2D eigenvalue weighted by Crippen LogP contribution is 2.37. The fraction of sp³-hybridized carbons (Fsp3) is 0.516. The lowest BCUT2D eigenvalue weighted by molar-refractivity contribution is -0.117. The van der Waals surface area contributed by atoms with E-state index in [-0.39, 0.29) is 24.0 Å². The van der Waals surface area contributed by atoms with Crippen LogP contribution in [0.4, 0.5) is 0 Å². The van der Waals surface area contributed by atoms with Crippen LogP contribution >= 0.6 is 0 Å². The maximum Gasteiger partial charge on any atom is 0.221 e. The molecule has 39 heavy (non-hydrogen) atoms. The Morgan fingerprint density at radius 1 is 1.05 bits per heavy atom. The van der Waals surface area contributed by atoms with Crippen LogP contribution in [-0.4, -0.2) is 55.0 Å². The molecule has 0 spiro atoms. The molecule has 1 aliphatic carbocycles. The molecule has 0 atom stereocenters. The Morgan fingerprint density at radius 2 is 1.77 bits per heavy atom. The number of sulfonamides is 1. The molecule has 0 unspecified atom stereocenters. The molecular weight excluding hydrogens is 508 g/mol. The molecule has 4 N–H and O–H groups in total. The van der Waals surface area contributed by atoms with E-state index in [0.29, 0.717) is 25.6 Å². The molecule has 1 amide bonds. The van der Waals surface area contributed by atoms with Gasteiger partial charge in [0.05, 0.1) is 12.2 Å². The average Bonchev–Trinajstić information content (AvgIpc) is 3.61. The summed E-state index contributed by atoms with van der Waals surface area (Å²) in [7, 11) is -3.25. The summed E-state index contributed by atoms with van der Waals surface area (Å²) in [6, 6.07) is 13.4. The van der Waals surface area contributed by atoms with Gasteiger partial charge in [-0.3, -0.25) is 4.79 Å². The lowest BCUT2D eigenvalue weighted by Gasteiger charge is -2.31. The summed E-state index contributed by atoms with van der Waals surface area (Å²) in [5.41, 5.74) is 12.1. The van der Waals surface area contributed by atoms with Gasteiger partial charge in [-0.1, -0.05) is 44.0 Å². The first-order valence-electron chi connectivity index (χ1n) is 14.6. The van der Waals surface area contributed by atoms with Crippen molar-refractivity contribution in [2.75, 3.05) is 25.4 Å². The number of benzene rings is 2. The van der Waals surface area contributed by atoms with Crippen molar-refractivity contribution in [2.45, 2.75) is 76.7 Å². The molecular formula is C31H42N4O3S. The quantitative estimate of drug-likeness (QED) is 0.296. The van der Waals surface area contributed by atoms with E-state index in [4.69, 9.17) is 5.73 Å². The zero-order valence-corrected chi connectivity index (χ0v) is 23.9. The number of aromatic nitrogens is 1. The molecule has 1 aromatic heterocycles. The topological polar surface area (TPSA) is 108 Å². The number of piperidine rings is 1. The molecule has 1 aliphatic heterocycles. The van der Waals surface area contributed by atoms with E-state index < -0.39 is 10.0 Å². The predicted octanol–water partition coefficient (Wildman–Crippen LogP) is 4.86. The monoisotopic (exact) mass is 550 g/mol. The van der Waals surface area contributed by atoms with Gasteiger partial charge < -0.3 is 16.0 Å². The second-order valence-corrected chi connectivity index (χ2v) is 13.4. The molecule has 2 aliphatic rings. The Balaban J connectivity index is 1.29. The first-order chi connectivity index (χ1) is 18.8. The summed E-state index contributed by atoms with van der Waals surface area (Å²) in [5, 5.41) is 4.62. The zero-order valence-electron chi connectivity index (χ0n) is 23.0. The number of hydrogen-bond donors (Lipinski definition) is 3. The number of fused-ring (bicyclic) bond motifs is 1. The number of aromatic amines is 1. The van der Waals surface area contributed by atoms with Crippen LogP contribution in [0.25, 0.3) is 22.0 Å². The maximum absolute atomic E-state index is 13.0. The van der Waals surface area contributed by atoms with Crippen molar-refractivity contribution in [1.29, 1.82) is 0 Å². The van der Waals surface area contributed by atoms with E-state index >= 15 is 0 Å². The molecule has 7 nitrogen and oxygen atoms in total. The first kappa shape index (κ1) is 27.9. The molecule has 2 fully saturated rings. The van der Waals surface area contributed by atoms with E-state index in [9.17, 15) is 13.2 Å². The third-order valence-electron chi connectivity index (χ3n) is 8.62. The third kappa shape index (κ3) is 6.56. The minimum Gasteiger partial charge on any atom is -0.369 e. The number of aryl methyl sites for hydroxylation is 1. The van der Waals surface area contributed by atoms with Gasteiger partial charge in [0.15, 0.2) is 0 Å². The Bertz CT molecular complexity index is 1380. The largest absolute Gasteiger partial charge is 0.369 e. The lowest BCUT2D eigenvalue weighted by Crippen LogP contribution is -2.40. The van der Waals surface area contributed by atoms with Crippen LogP contribution in [0.1, 0.15) is 74.5 Å². The number of nitrogens with one attached hydrogen (secondary N) is 2. The second-order valence-electron chi connectivity index (χ2n) is 11.3. The predicted molar refractivity (Wildman–Crippen MR) is 158 cm³/mol. The van der Waals surface area contributed by atoms with Crippen LogP contribution < -0.4 is 11.1 Å². The van der Waals surface area contributed by atoms with Crippen LogP contribution in [-0.2, 0) is 27.7 Å². The Kier molecular flexibility index (Phi) is 8.74. The summed E-state index contributed by atoms with van der Waals surface area (Å²) in [6.45, 7) is 4.00. The Morgan fingerprint density at radius 3 is 2.44 bits per heavy atom. The average molecular weight is 551 g/mol. The van der Waals surface area contributed by atoms with Gasteiger partial charge in [-0.2, -0.15) is 0 Å². The number of hydrogen-bond acceptors (Lipinski definition) is 4. The third-order valence-corrected chi connectivity index (χ3v) is 10.6. The Labute approximate surface area is 232 Å². The molecule has 210 valence electrons. The Hall–Kier alpha value is -2.68. The van der Waals surface area contributed by atoms with Gasteiger partial charge in [-0.25, -0.2) is 12.7 Å². The number of nitrogens with zero attached hydrogens (tertiary/aromatic N) is 1. The molecule has 0 bridgehead atoms. The number of rotatable bonds is 11. The van der Waals surface area contributed by atoms with Crippen LogP contribution in [0.3, 0.4) is 0 Å². The highest BCUT2D eigenvalue weighted by molar-refractivity contribution is 7.89. The van der Waals surface area contributed by atoms with Crippen molar-refractivity contribution in [3.63, 3.8) is 0 Å². The van der Waals surface area contributed by atoms with Gasteiger partial charge in [0.1, 0.15) is 0 Å². The maximum atomic E-state index is 13.0. The molecule has 2 aromatic carbocycles. The molecule has 1 saturated heterocycles. The van der Waals surface area contributed by atoms with E-state index in [1.807, 2.05) is 6.20 Å². The fourth-order valence-corrected chi connectivity index (χ4v) is 7.89. The number of carbonyl (C=O) groups excluding carboxylic acids is 1. The SMILES string of the molecule is CCc1ccc(-c2cc(CC(N)=O)c3[nH]cc(C4CCN(S(=O)(=O)CCCNC5CCCC5)CC4)c3c2)cc1. The molecule has 3 aromatic rings. The highest BCUT2D eigenvalue weighted by atomic mass is 32.2. The number of H-pyrrole nitrogens is 1. The lowest BCUT2D eigenvalue weighted by atomic mass is 9.88. The summed E-state index contributed by atoms with van der Waals surface area (Å²) in [6.07, 6.45) is 10.4. The number of nitrogens with two attached hydrogens (primary N) is 1. The van der Waals surface area contributed by atoms with Crippen LogP contribution in [0.2, 0.25) is 0 Å². The fourth-order valence-electron chi connectivity index (χ4n) is 6.36. The summed E-state index contributed by atoms with van der Waals surface area (Å²) < 4.78 is 27.7. The molecule has 1 saturated carbocycles. The van der Waals surface area contributed by atoms with Gasteiger partial charge in [-0.15, -0.1) is 0 Å². The van der Waals surface area contributed by atoms with Gasteiger partial charge in [0.2, 0.25) is 15.9 Å². The van der Waals surface area contributed by atoms with E-state index in [0.717, 1.165) is 53.4 Å². The van der Waals surface area contributed by atoms with Crippen molar-refractivity contribution < 1.29 is 13.2 Å². The van der Waals surface area contributed by atoms with Crippen LogP contribution in [0.5, 0.6) is 0 Å². The molecule has 8 heteroatoms. The van der Waals surface area contributed by atoms with Gasteiger partial charge in [0, 0.05) is 36.2 Å². The van der Waals surface area contributed by atoms with Gasteiger partial charge >= 0.3 is 0 Å². The number of carbonyl (C=O) groups is 1. The number of amides is 1. The summed E-state index contributed by atoms with van der Waals surface area (Å²) >= 11 is 0. The highest BCUT2D eigenvalue weighted by Gasteiger charge is 2.30. The van der Waals surface area contributed by atoms with Crippen molar-refractivity contribution in [3.05, 3.63) is 59.3 Å². The minimum atomic E-state index is -3.25. The van der Waals surface area contributed by atoms with Crippen molar-refractivity contribution in [3.8, 4) is 11.1 Å². The zero-order chi connectivity index (χ0) is 27.4. The summed E-state index contributed by atoms with van der Waals surface area (Å²) in [4.78, 5) is 15.3. The second kappa shape index (κ2) is 12.2. The minimum absolute atomic E-state index is 0.170. The molecule has 5 rings (SSSR count). The smallest absolute Gasteiger partial charge is 0.221 e. The van der Waals surface area contributed by atoms with Crippen molar-refractivity contribution >= 4 is 26.8 Å². The van der Waals surface area contributed by atoms with Crippen molar-refractivity contribution in [2.24, 2.45) is 5.73 Å². The van der Waals surface area contributed by atoms with E-state index in [2.05, 4.69) is 53.6 Å². The van der Waals surface area contributed by atoms with Crippen molar-refractivity contribution in [1.82, 2.24) is 14.6 Å². The standard InChI is InChI=1S/C31H42N4O3S/c1-2-22-8-10-23(11-9-22)25-18-26(20-30(32)36)31-28(19-25)29(21-34-31)24-12-15-35(16-13-24)39(37,38)17-5-14-33-27-6-3-4-7-27/h8-11,18-19,21,24,27,33-34H,2-7,12-17,20H2,1H3,(H2,32,36).